The van der Waals surface area contributed by atoms with Crippen LogP contribution in [0.1, 0.15) is 12.7 Å². The van der Waals surface area contributed by atoms with Gasteiger partial charge in [-0.2, -0.15) is 4.98 Å². The van der Waals surface area contributed by atoms with Crippen molar-refractivity contribution < 1.29 is 4.74 Å². The highest BCUT2D eigenvalue weighted by Gasteiger charge is 2.06. The summed E-state index contributed by atoms with van der Waals surface area (Å²) in [5.41, 5.74) is 0.830. The Hall–Kier alpha value is -1.58. The molecule has 68 valence electrons. The van der Waals surface area contributed by atoms with Crippen LogP contribution < -0.4 is 4.74 Å². The molecule has 0 fully saturated rings. The van der Waals surface area contributed by atoms with Crippen molar-refractivity contribution in [3.8, 4) is 5.88 Å². The van der Waals surface area contributed by atoms with Gasteiger partial charge in [0.1, 0.15) is 11.5 Å². The molecule has 2 rings (SSSR count). The SMILES string of the molecule is CCOc1nc(C)nc2[nH]ccc12. The van der Waals surface area contributed by atoms with Crippen LogP contribution in [0.15, 0.2) is 12.3 Å². The molecule has 1 N–H and O–H groups in total. The highest BCUT2D eigenvalue weighted by molar-refractivity contribution is 5.80. The van der Waals surface area contributed by atoms with Gasteiger partial charge in [-0.3, -0.25) is 0 Å². The summed E-state index contributed by atoms with van der Waals surface area (Å²) in [7, 11) is 0. The zero-order chi connectivity index (χ0) is 9.26. The van der Waals surface area contributed by atoms with Gasteiger partial charge in [0.2, 0.25) is 5.88 Å². The van der Waals surface area contributed by atoms with Crippen LogP contribution in [0, 0.1) is 6.92 Å². The number of nitrogens with one attached hydrogen (secondary N) is 1. The van der Waals surface area contributed by atoms with Gasteiger partial charge in [-0.05, 0) is 19.9 Å². The van der Waals surface area contributed by atoms with E-state index in [9.17, 15) is 0 Å². The monoisotopic (exact) mass is 177 g/mol. The summed E-state index contributed by atoms with van der Waals surface area (Å²) in [6.07, 6.45) is 1.83. The normalized spacial score (nSPS) is 10.6. The molecule has 2 heterocycles. The summed E-state index contributed by atoms with van der Waals surface area (Å²) in [6, 6.07) is 1.92. The van der Waals surface area contributed by atoms with Gasteiger partial charge in [-0.25, -0.2) is 4.98 Å². The predicted octanol–water partition coefficient (Wildman–Crippen LogP) is 1.67. The Bertz CT molecular complexity index is 422. The van der Waals surface area contributed by atoms with Crippen LogP contribution in [0.5, 0.6) is 5.88 Å². The van der Waals surface area contributed by atoms with Crippen molar-refractivity contribution in [1.82, 2.24) is 15.0 Å². The summed E-state index contributed by atoms with van der Waals surface area (Å²) < 4.78 is 5.39. The maximum absolute atomic E-state index is 5.39. The molecule has 0 aliphatic rings. The molecule has 2 aromatic heterocycles. The Kier molecular flexibility index (Phi) is 1.88. The highest BCUT2D eigenvalue weighted by atomic mass is 16.5. The van der Waals surface area contributed by atoms with Crippen molar-refractivity contribution in [2.45, 2.75) is 13.8 Å². The van der Waals surface area contributed by atoms with Gasteiger partial charge >= 0.3 is 0 Å². The van der Waals surface area contributed by atoms with E-state index in [1.54, 1.807) is 0 Å². The van der Waals surface area contributed by atoms with Crippen molar-refractivity contribution in [2.75, 3.05) is 6.61 Å². The Labute approximate surface area is 76.0 Å². The molecular weight excluding hydrogens is 166 g/mol. The van der Waals surface area contributed by atoms with E-state index in [2.05, 4.69) is 15.0 Å². The van der Waals surface area contributed by atoms with Crippen LogP contribution in [0.25, 0.3) is 11.0 Å². The Morgan fingerprint density at radius 1 is 1.46 bits per heavy atom. The molecule has 0 saturated heterocycles. The van der Waals surface area contributed by atoms with E-state index in [0.29, 0.717) is 12.5 Å². The lowest BCUT2D eigenvalue weighted by Crippen LogP contribution is -1.98. The van der Waals surface area contributed by atoms with E-state index in [0.717, 1.165) is 16.9 Å². The molecule has 2 aromatic rings. The third-order valence-corrected chi connectivity index (χ3v) is 1.77. The second-order valence-electron chi connectivity index (χ2n) is 2.75. The smallest absolute Gasteiger partial charge is 0.226 e. The van der Waals surface area contributed by atoms with Gasteiger partial charge in [0.15, 0.2) is 0 Å². The van der Waals surface area contributed by atoms with Crippen LogP contribution in [0.3, 0.4) is 0 Å². The second-order valence-corrected chi connectivity index (χ2v) is 2.75. The van der Waals surface area contributed by atoms with E-state index in [4.69, 9.17) is 4.74 Å². The minimum atomic E-state index is 0.622. The molecule has 0 saturated carbocycles. The zero-order valence-electron chi connectivity index (χ0n) is 7.66. The molecule has 0 aliphatic heterocycles. The molecule has 0 atom stereocenters. The number of aromatic nitrogens is 3. The Morgan fingerprint density at radius 2 is 2.31 bits per heavy atom. The molecule has 0 bridgehead atoms. The molecule has 0 radical (unpaired) electrons. The van der Waals surface area contributed by atoms with Gasteiger partial charge in [-0.1, -0.05) is 0 Å². The number of hydrogen-bond acceptors (Lipinski definition) is 3. The number of H-pyrrole nitrogens is 1. The van der Waals surface area contributed by atoms with E-state index in [1.807, 2.05) is 26.1 Å². The first-order valence-corrected chi connectivity index (χ1v) is 4.26. The van der Waals surface area contributed by atoms with Gasteiger partial charge < -0.3 is 9.72 Å². The lowest BCUT2D eigenvalue weighted by Gasteiger charge is -2.03. The van der Waals surface area contributed by atoms with E-state index in [1.165, 1.54) is 0 Å². The van der Waals surface area contributed by atoms with E-state index >= 15 is 0 Å². The summed E-state index contributed by atoms with van der Waals surface area (Å²) in [5, 5.41) is 0.937. The van der Waals surface area contributed by atoms with E-state index in [-0.39, 0.29) is 0 Å². The maximum Gasteiger partial charge on any atom is 0.226 e. The van der Waals surface area contributed by atoms with Crippen LogP contribution in [-0.2, 0) is 0 Å². The number of nitrogens with zero attached hydrogens (tertiary/aromatic N) is 2. The lowest BCUT2D eigenvalue weighted by atomic mass is 10.4. The third kappa shape index (κ3) is 1.35. The largest absolute Gasteiger partial charge is 0.477 e. The second kappa shape index (κ2) is 3.05. The summed E-state index contributed by atoms with van der Waals surface area (Å²) in [6.45, 7) is 4.41. The van der Waals surface area contributed by atoms with E-state index < -0.39 is 0 Å². The molecule has 4 heteroatoms. The highest BCUT2D eigenvalue weighted by Crippen LogP contribution is 2.20. The van der Waals surface area contributed by atoms with Crippen molar-refractivity contribution >= 4 is 11.0 Å². The minimum Gasteiger partial charge on any atom is -0.477 e. The molecule has 0 unspecified atom stereocenters. The zero-order valence-corrected chi connectivity index (χ0v) is 7.66. The average Bonchev–Trinajstić information content (AvgIpc) is 2.52. The van der Waals surface area contributed by atoms with Crippen molar-refractivity contribution in [3.05, 3.63) is 18.1 Å². The first kappa shape index (κ1) is 8.04. The van der Waals surface area contributed by atoms with Crippen LogP contribution in [0.2, 0.25) is 0 Å². The number of aryl methyl sites for hydroxylation is 1. The van der Waals surface area contributed by atoms with Crippen LogP contribution >= 0.6 is 0 Å². The molecule has 0 aliphatic carbocycles. The lowest BCUT2D eigenvalue weighted by molar-refractivity contribution is 0.330. The van der Waals surface area contributed by atoms with Gasteiger partial charge in [-0.15, -0.1) is 0 Å². The topological polar surface area (TPSA) is 50.8 Å². The fraction of sp³-hybridized carbons (Fsp3) is 0.333. The van der Waals surface area contributed by atoms with Crippen molar-refractivity contribution in [1.29, 1.82) is 0 Å². The van der Waals surface area contributed by atoms with Gasteiger partial charge in [0.25, 0.3) is 0 Å². The van der Waals surface area contributed by atoms with Crippen molar-refractivity contribution in [3.63, 3.8) is 0 Å². The van der Waals surface area contributed by atoms with Crippen LogP contribution in [-0.4, -0.2) is 21.6 Å². The molecule has 0 spiro atoms. The fourth-order valence-corrected chi connectivity index (χ4v) is 1.27. The number of hydrogen-bond donors (Lipinski definition) is 1. The van der Waals surface area contributed by atoms with Crippen LogP contribution in [0.4, 0.5) is 0 Å². The van der Waals surface area contributed by atoms with Crippen molar-refractivity contribution in [2.24, 2.45) is 0 Å². The number of rotatable bonds is 2. The standard InChI is InChI=1S/C9H11N3O/c1-3-13-9-7-4-5-10-8(7)11-6(2)12-9/h4-5H,3H2,1-2H3,(H,10,11,12). The Balaban J connectivity index is 2.63. The molecular formula is C9H11N3O. The first-order valence-electron chi connectivity index (χ1n) is 4.26. The van der Waals surface area contributed by atoms with Gasteiger partial charge in [0, 0.05) is 6.20 Å². The summed E-state index contributed by atoms with van der Waals surface area (Å²) in [4.78, 5) is 11.5. The number of fused-ring (bicyclic) bond motifs is 1. The third-order valence-electron chi connectivity index (χ3n) is 1.77. The number of ether oxygens (including phenoxy) is 1. The minimum absolute atomic E-state index is 0.622. The predicted molar refractivity (Wildman–Crippen MR) is 49.8 cm³/mol. The van der Waals surface area contributed by atoms with Gasteiger partial charge in [0.05, 0.1) is 12.0 Å². The fourth-order valence-electron chi connectivity index (χ4n) is 1.27. The number of aromatic amines is 1. The molecule has 4 nitrogen and oxygen atoms in total. The average molecular weight is 177 g/mol. The molecule has 0 amide bonds. The Morgan fingerprint density at radius 3 is 3.08 bits per heavy atom. The quantitative estimate of drug-likeness (QED) is 0.759. The molecule has 0 aromatic carbocycles. The summed E-state index contributed by atoms with van der Waals surface area (Å²) in [5.74, 6) is 1.38. The molecule has 13 heavy (non-hydrogen) atoms. The maximum atomic E-state index is 5.39. The summed E-state index contributed by atoms with van der Waals surface area (Å²) >= 11 is 0. The first-order chi connectivity index (χ1) is 6.31.